The Bertz CT molecular complexity index is 1570. The number of nitrogens with zero attached hydrogens (tertiary/aromatic N) is 4. The zero-order valence-corrected chi connectivity index (χ0v) is 18.5. The minimum atomic E-state index is -0.961. The molecular formula is C25H20F2N6O2. The summed E-state index contributed by atoms with van der Waals surface area (Å²) < 4.78 is 28.2. The number of fused-ring (bicyclic) bond motifs is 2. The molecule has 0 bridgehead atoms. The molecule has 1 aliphatic heterocycles. The molecule has 0 saturated heterocycles. The van der Waals surface area contributed by atoms with Crippen molar-refractivity contribution in [1.82, 2.24) is 25.1 Å². The summed E-state index contributed by atoms with van der Waals surface area (Å²) in [4.78, 5) is 35.4. The molecule has 0 spiro atoms. The molecule has 10 heteroatoms. The smallest absolute Gasteiger partial charge is 0.272 e. The van der Waals surface area contributed by atoms with Crippen molar-refractivity contribution in [1.29, 1.82) is 0 Å². The first-order valence-corrected chi connectivity index (χ1v) is 11.2. The van der Waals surface area contributed by atoms with Crippen molar-refractivity contribution in [2.45, 2.75) is 38.0 Å². The highest BCUT2D eigenvalue weighted by atomic mass is 19.1. The van der Waals surface area contributed by atoms with E-state index in [2.05, 4.69) is 20.2 Å². The van der Waals surface area contributed by atoms with Crippen LogP contribution in [-0.4, -0.2) is 37.1 Å². The standard InChI is InChI=1S/C25H20F2N6O2/c26-18-6-5-12(8-20-13-3-1-2-4-14(13)24(34)32-31-20)7-16(18)25(35)33-10-17-21(11-33)29-23(30-22(17)28)15-9-19(15)27/h1-7,15,19H,8-11H2,(H,32,34)(H2,28,29,30)/t15-,19+/m0/s1. The van der Waals surface area contributed by atoms with E-state index in [0.29, 0.717) is 52.0 Å². The highest BCUT2D eigenvalue weighted by Gasteiger charge is 2.42. The second-order valence-electron chi connectivity index (χ2n) is 8.95. The lowest BCUT2D eigenvalue weighted by atomic mass is 10.0. The molecule has 4 aromatic rings. The highest BCUT2D eigenvalue weighted by molar-refractivity contribution is 5.95. The number of nitrogen functional groups attached to an aromatic ring is 1. The van der Waals surface area contributed by atoms with E-state index in [0.717, 1.165) is 0 Å². The van der Waals surface area contributed by atoms with Crippen LogP contribution in [0.2, 0.25) is 0 Å². The van der Waals surface area contributed by atoms with Crippen LogP contribution in [0.4, 0.5) is 14.6 Å². The molecule has 0 radical (unpaired) electrons. The zero-order valence-electron chi connectivity index (χ0n) is 18.5. The number of H-pyrrole nitrogens is 1. The summed E-state index contributed by atoms with van der Waals surface area (Å²) >= 11 is 0. The van der Waals surface area contributed by atoms with Crippen molar-refractivity contribution in [3.05, 3.63) is 92.5 Å². The zero-order chi connectivity index (χ0) is 24.3. The molecular weight excluding hydrogens is 454 g/mol. The van der Waals surface area contributed by atoms with Gasteiger partial charge in [-0.25, -0.2) is 23.8 Å². The molecule has 0 unspecified atom stereocenters. The van der Waals surface area contributed by atoms with Crippen LogP contribution in [0.3, 0.4) is 0 Å². The normalized spacial score (nSPS) is 18.6. The minimum absolute atomic E-state index is 0.0817. The number of benzene rings is 2. The van der Waals surface area contributed by atoms with Crippen LogP contribution in [0.25, 0.3) is 10.8 Å². The van der Waals surface area contributed by atoms with Crippen LogP contribution in [0.1, 0.15) is 51.0 Å². The lowest BCUT2D eigenvalue weighted by molar-refractivity contribution is 0.0745. The first-order chi connectivity index (χ1) is 16.9. The van der Waals surface area contributed by atoms with Gasteiger partial charge in [-0.2, -0.15) is 5.10 Å². The second kappa shape index (κ2) is 7.93. The van der Waals surface area contributed by atoms with Gasteiger partial charge in [0, 0.05) is 17.4 Å². The second-order valence-corrected chi connectivity index (χ2v) is 8.95. The summed E-state index contributed by atoms with van der Waals surface area (Å²) in [6.07, 6.45) is -0.290. The van der Waals surface area contributed by atoms with E-state index in [-0.39, 0.29) is 35.9 Å². The molecule has 2 aliphatic rings. The number of nitrogens with one attached hydrogen (secondary N) is 1. The number of nitrogens with two attached hydrogens (primary N) is 1. The van der Waals surface area contributed by atoms with Crippen molar-refractivity contribution in [3.8, 4) is 0 Å². The van der Waals surface area contributed by atoms with Gasteiger partial charge in [-0.1, -0.05) is 24.3 Å². The topological polar surface area (TPSA) is 118 Å². The maximum absolute atomic E-state index is 14.7. The van der Waals surface area contributed by atoms with Gasteiger partial charge in [-0.05, 0) is 30.2 Å². The number of hydrogen-bond acceptors (Lipinski definition) is 6. The molecule has 1 amide bonds. The average molecular weight is 474 g/mol. The van der Waals surface area contributed by atoms with Gasteiger partial charge in [0.05, 0.1) is 41.3 Å². The van der Waals surface area contributed by atoms with E-state index < -0.39 is 17.9 Å². The van der Waals surface area contributed by atoms with E-state index in [1.165, 1.54) is 17.0 Å². The summed E-state index contributed by atoms with van der Waals surface area (Å²) in [5, 5.41) is 7.85. The van der Waals surface area contributed by atoms with Crippen LogP contribution in [0, 0.1) is 5.82 Å². The molecule has 1 aliphatic carbocycles. The summed E-state index contributed by atoms with van der Waals surface area (Å²) in [5.41, 5.74) is 8.15. The van der Waals surface area contributed by atoms with Crippen molar-refractivity contribution < 1.29 is 13.6 Å². The van der Waals surface area contributed by atoms with Gasteiger partial charge >= 0.3 is 0 Å². The highest BCUT2D eigenvalue weighted by Crippen LogP contribution is 2.43. The van der Waals surface area contributed by atoms with Gasteiger partial charge < -0.3 is 10.6 Å². The molecule has 2 aromatic carbocycles. The molecule has 35 heavy (non-hydrogen) atoms. The van der Waals surface area contributed by atoms with Crippen molar-refractivity contribution in [2.24, 2.45) is 0 Å². The average Bonchev–Trinajstić information content (AvgIpc) is 3.42. The third kappa shape index (κ3) is 3.71. The lowest BCUT2D eigenvalue weighted by Gasteiger charge is -2.16. The van der Waals surface area contributed by atoms with Crippen molar-refractivity contribution in [2.75, 3.05) is 5.73 Å². The third-order valence-corrected chi connectivity index (χ3v) is 6.57. The summed E-state index contributed by atoms with van der Waals surface area (Å²) in [6.45, 7) is 0.299. The fourth-order valence-electron chi connectivity index (χ4n) is 4.56. The summed E-state index contributed by atoms with van der Waals surface area (Å²) in [7, 11) is 0. The summed E-state index contributed by atoms with van der Waals surface area (Å²) in [5.74, 6) is -0.912. The maximum atomic E-state index is 14.7. The fourth-order valence-corrected chi connectivity index (χ4v) is 4.56. The van der Waals surface area contributed by atoms with Crippen LogP contribution in [0.15, 0.2) is 47.3 Å². The predicted octanol–water partition coefficient (Wildman–Crippen LogP) is 3.01. The Hall–Kier alpha value is -4.21. The van der Waals surface area contributed by atoms with Gasteiger partial charge in [0.1, 0.15) is 23.6 Å². The van der Waals surface area contributed by atoms with E-state index in [1.54, 1.807) is 24.3 Å². The largest absolute Gasteiger partial charge is 0.383 e. The van der Waals surface area contributed by atoms with Gasteiger partial charge in [-0.15, -0.1) is 0 Å². The van der Waals surface area contributed by atoms with Gasteiger partial charge in [-0.3, -0.25) is 9.59 Å². The monoisotopic (exact) mass is 474 g/mol. The van der Waals surface area contributed by atoms with Crippen LogP contribution in [-0.2, 0) is 19.5 Å². The number of carbonyl (C=O) groups excluding carboxylic acids is 1. The van der Waals surface area contributed by atoms with Crippen molar-refractivity contribution >= 4 is 22.5 Å². The fraction of sp³-hybridized carbons (Fsp3) is 0.240. The maximum Gasteiger partial charge on any atom is 0.272 e. The van der Waals surface area contributed by atoms with E-state index in [9.17, 15) is 18.4 Å². The number of amides is 1. The number of halogens is 2. The molecule has 3 heterocycles. The first-order valence-electron chi connectivity index (χ1n) is 11.2. The molecule has 1 fully saturated rings. The number of hydrogen-bond donors (Lipinski definition) is 2. The molecule has 1 saturated carbocycles. The van der Waals surface area contributed by atoms with Gasteiger partial charge in [0.25, 0.3) is 11.5 Å². The Kier molecular flexibility index (Phi) is 4.84. The Balaban J connectivity index is 1.27. The molecule has 2 aromatic heterocycles. The number of alkyl halides is 1. The van der Waals surface area contributed by atoms with E-state index in [4.69, 9.17) is 5.73 Å². The number of anilines is 1. The first kappa shape index (κ1) is 21.3. The summed E-state index contributed by atoms with van der Waals surface area (Å²) in [6, 6.07) is 11.4. The molecule has 176 valence electrons. The molecule has 8 nitrogen and oxygen atoms in total. The number of carbonyl (C=O) groups is 1. The quantitative estimate of drug-likeness (QED) is 0.470. The Morgan fingerprint density at radius 2 is 1.91 bits per heavy atom. The number of aromatic amines is 1. The van der Waals surface area contributed by atoms with Crippen LogP contribution < -0.4 is 11.3 Å². The van der Waals surface area contributed by atoms with Crippen LogP contribution in [0.5, 0.6) is 0 Å². The van der Waals surface area contributed by atoms with Crippen molar-refractivity contribution in [3.63, 3.8) is 0 Å². The minimum Gasteiger partial charge on any atom is -0.383 e. The number of aromatic nitrogens is 4. The Morgan fingerprint density at radius 1 is 1.14 bits per heavy atom. The van der Waals surface area contributed by atoms with E-state index in [1.807, 2.05) is 6.07 Å². The molecule has 6 rings (SSSR count). The predicted molar refractivity (Wildman–Crippen MR) is 124 cm³/mol. The Labute approximate surface area is 197 Å². The lowest BCUT2D eigenvalue weighted by Crippen LogP contribution is -2.26. The van der Waals surface area contributed by atoms with Gasteiger partial charge in [0.2, 0.25) is 0 Å². The van der Waals surface area contributed by atoms with E-state index >= 15 is 0 Å². The number of rotatable bonds is 4. The Morgan fingerprint density at radius 3 is 2.69 bits per heavy atom. The molecule has 2 atom stereocenters. The SMILES string of the molecule is Nc1nc([C@H]2C[C@H]2F)nc2c1CN(C(=O)c1cc(Cc3n[nH]c(=O)c4ccccc34)ccc1F)C2. The molecule has 3 N–H and O–H groups in total. The van der Waals surface area contributed by atoms with Crippen LogP contribution >= 0.6 is 0 Å². The third-order valence-electron chi connectivity index (χ3n) is 6.57. The van der Waals surface area contributed by atoms with Gasteiger partial charge in [0.15, 0.2) is 0 Å².